The SMILES string of the molecule is CC/C=C\C/C=C\C/C=C\C/C=C\C/C=C\C/C=C\CCC(=O)NC(COC1OC(CO)C(OC2OC(CO)C(O)C(O)C2O)C(O)C1O)C(O)CCCCCCCCCCCCCCCCCCCCCCCCCCCC. The van der Waals surface area contributed by atoms with Gasteiger partial charge >= 0.3 is 0 Å². The van der Waals surface area contributed by atoms with Gasteiger partial charge in [0.05, 0.1) is 32.0 Å². The van der Waals surface area contributed by atoms with Crippen molar-refractivity contribution in [3.05, 3.63) is 72.9 Å². The highest BCUT2D eigenvalue weighted by Gasteiger charge is 2.51. The molecule has 0 saturated carbocycles. The lowest BCUT2D eigenvalue weighted by atomic mass is 9.97. The Morgan fingerprint density at radius 1 is 0.468 bits per heavy atom. The van der Waals surface area contributed by atoms with Gasteiger partial charge in [-0.05, 0) is 51.4 Å². The average molecular weight is 1120 g/mol. The van der Waals surface area contributed by atoms with Crippen LogP contribution in [0.1, 0.15) is 239 Å². The van der Waals surface area contributed by atoms with Crippen LogP contribution in [0.25, 0.3) is 0 Å². The Labute approximate surface area is 478 Å². The molecule has 2 rings (SSSR count). The first-order chi connectivity index (χ1) is 38.6. The number of ether oxygens (including phenoxy) is 4. The molecule has 14 nitrogen and oxygen atoms in total. The number of carbonyl (C=O) groups excluding carboxylic acids is 1. The van der Waals surface area contributed by atoms with Crippen molar-refractivity contribution in [3.8, 4) is 0 Å². The molecule has 9 N–H and O–H groups in total. The van der Waals surface area contributed by atoms with Crippen LogP contribution in [-0.2, 0) is 23.7 Å². The molecule has 0 aromatic rings. The maximum absolute atomic E-state index is 13.3. The third-order valence-electron chi connectivity index (χ3n) is 15.2. The van der Waals surface area contributed by atoms with Gasteiger partial charge in [0.15, 0.2) is 12.6 Å². The topological polar surface area (TPSA) is 228 Å². The van der Waals surface area contributed by atoms with Gasteiger partial charge in [0.1, 0.15) is 48.8 Å². The van der Waals surface area contributed by atoms with E-state index in [1.807, 2.05) is 12.2 Å². The summed E-state index contributed by atoms with van der Waals surface area (Å²) in [5, 5.41) is 87.3. The summed E-state index contributed by atoms with van der Waals surface area (Å²) in [6.07, 6.45) is 49.2. The highest BCUT2D eigenvalue weighted by atomic mass is 16.7. The zero-order valence-electron chi connectivity index (χ0n) is 49.3. The minimum atomic E-state index is -1.79. The van der Waals surface area contributed by atoms with Crippen molar-refractivity contribution in [2.45, 2.75) is 312 Å². The predicted molar refractivity (Wildman–Crippen MR) is 318 cm³/mol. The summed E-state index contributed by atoms with van der Waals surface area (Å²) >= 11 is 0. The fourth-order valence-corrected chi connectivity index (χ4v) is 10.1. The van der Waals surface area contributed by atoms with Crippen molar-refractivity contribution in [1.29, 1.82) is 0 Å². The van der Waals surface area contributed by atoms with Crippen LogP contribution in [0.5, 0.6) is 0 Å². The van der Waals surface area contributed by atoms with Crippen molar-refractivity contribution < 1.29 is 64.6 Å². The quantitative estimate of drug-likeness (QED) is 0.0204. The molecule has 12 unspecified atom stereocenters. The molecule has 2 heterocycles. The van der Waals surface area contributed by atoms with Gasteiger partial charge in [0, 0.05) is 6.42 Å². The van der Waals surface area contributed by atoms with E-state index in [1.165, 1.54) is 141 Å². The van der Waals surface area contributed by atoms with Gasteiger partial charge in [-0.25, -0.2) is 0 Å². The van der Waals surface area contributed by atoms with Gasteiger partial charge in [0.2, 0.25) is 5.91 Å². The summed E-state index contributed by atoms with van der Waals surface area (Å²) in [7, 11) is 0. The molecule has 0 spiro atoms. The molecule has 79 heavy (non-hydrogen) atoms. The normalized spacial score (nSPS) is 24.9. The second-order valence-corrected chi connectivity index (χ2v) is 22.2. The Kier molecular flexibility index (Phi) is 45.9. The van der Waals surface area contributed by atoms with E-state index >= 15 is 0 Å². The third kappa shape index (κ3) is 35.2. The van der Waals surface area contributed by atoms with Crippen LogP contribution in [-0.4, -0.2) is 140 Å². The van der Waals surface area contributed by atoms with Crippen LogP contribution < -0.4 is 5.32 Å². The minimum Gasteiger partial charge on any atom is -0.394 e. The van der Waals surface area contributed by atoms with E-state index in [1.54, 1.807) is 0 Å². The zero-order chi connectivity index (χ0) is 57.4. The smallest absolute Gasteiger partial charge is 0.220 e. The number of allylic oxidation sites excluding steroid dienone is 12. The molecule has 0 radical (unpaired) electrons. The summed E-state index contributed by atoms with van der Waals surface area (Å²) < 4.78 is 22.8. The molecular formula is C65H115NO13. The number of hydrogen-bond donors (Lipinski definition) is 9. The maximum atomic E-state index is 13.3. The Balaban J connectivity index is 1.74. The van der Waals surface area contributed by atoms with E-state index in [9.17, 15) is 45.6 Å². The molecule has 1 amide bonds. The monoisotopic (exact) mass is 1120 g/mol. The standard InChI is InChI=1S/C65H115NO13/c1-3-5-7-9-11-13-15-17-19-21-23-24-25-26-27-28-29-31-32-34-36-38-40-42-44-46-48-54(69)53(66-57(70)49-47-45-43-41-39-37-35-33-30-22-20-18-16-14-12-10-8-6-4-2)52-76-64-62(75)60(73)63(56(51-68)78-64)79-65-61(74)59(72)58(71)55(50-67)77-65/h6,8,12,14,18,20,30,33,37,39,43,45,53-56,58-65,67-69,71-75H,3-5,7,9-11,13,15-17,19,21-29,31-32,34-36,38,40-42,44,46-52H2,1-2H3,(H,66,70)/b8-6-,14-12-,20-18-,33-30-,39-37-,45-43-. The van der Waals surface area contributed by atoms with Crippen molar-refractivity contribution in [1.82, 2.24) is 5.32 Å². The van der Waals surface area contributed by atoms with Gasteiger partial charge in [-0.3, -0.25) is 4.79 Å². The number of amides is 1. The molecule has 2 aliphatic heterocycles. The van der Waals surface area contributed by atoms with Gasteiger partial charge in [-0.1, -0.05) is 254 Å². The van der Waals surface area contributed by atoms with E-state index in [4.69, 9.17) is 18.9 Å². The average Bonchev–Trinajstić information content (AvgIpc) is 3.47. The molecule has 2 saturated heterocycles. The molecule has 2 fully saturated rings. The zero-order valence-corrected chi connectivity index (χ0v) is 49.3. The first-order valence-electron chi connectivity index (χ1n) is 31.7. The molecule has 0 aromatic heterocycles. The first-order valence-corrected chi connectivity index (χ1v) is 31.7. The minimum absolute atomic E-state index is 0.176. The number of aliphatic hydroxyl groups excluding tert-OH is 8. The van der Waals surface area contributed by atoms with Gasteiger partial charge < -0.3 is 65.1 Å². The molecule has 0 bridgehead atoms. The molecule has 2 aliphatic rings. The van der Waals surface area contributed by atoms with E-state index in [0.717, 1.165) is 64.2 Å². The van der Waals surface area contributed by atoms with E-state index in [0.29, 0.717) is 12.8 Å². The highest BCUT2D eigenvalue weighted by Crippen LogP contribution is 2.30. The van der Waals surface area contributed by atoms with Crippen LogP contribution in [0, 0.1) is 0 Å². The summed E-state index contributed by atoms with van der Waals surface area (Å²) in [5.74, 6) is -0.288. The Morgan fingerprint density at radius 3 is 1.27 bits per heavy atom. The fraction of sp³-hybridized carbons (Fsp3) is 0.800. The maximum Gasteiger partial charge on any atom is 0.220 e. The van der Waals surface area contributed by atoms with Crippen molar-refractivity contribution in [2.24, 2.45) is 0 Å². The van der Waals surface area contributed by atoms with Gasteiger partial charge in [-0.2, -0.15) is 0 Å². The number of carbonyl (C=O) groups is 1. The fourth-order valence-electron chi connectivity index (χ4n) is 10.1. The molecule has 0 aliphatic carbocycles. The third-order valence-corrected chi connectivity index (χ3v) is 15.2. The van der Waals surface area contributed by atoms with Crippen molar-refractivity contribution in [2.75, 3.05) is 19.8 Å². The van der Waals surface area contributed by atoms with E-state index in [2.05, 4.69) is 79.9 Å². The van der Waals surface area contributed by atoms with Crippen molar-refractivity contribution >= 4 is 5.91 Å². The summed E-state index contributed by atoms with van der Waals surface area (Å²) in [6, 6.07) is -0.874. The number of nitrogens with one attached hydrogen (secondary N) is 1. The van der Waals surface area contributed by atoms with Crippen LogP contribution in [0.15, 0.2) is 72.9 Å². The largest absolute Gasteiger partial charge is 0.394 e. The Hall–Kier alpha value is -2.57. The Morgan fingerprint density at radius 2 is 0.848 bits per heavy atom. The van der Waals surface area contributed by atoms with Crippen molar-refractivity contribution in [3.63, 3.8) is 0 Å². The van der Waals surface area contributed by atoms with Gasteiger partial charge in [-0.15, -0.1) is 0 Å². The van der Waals surface area contributed by atoms with Gasteiger partial charge in [0.25, 0.3) is 0 Å². The molecule has 0 aromatic carbocycles. The lowest BCUT2D eigenvalue weighted by Crippen LogP contribution is -2.65. The lowest BCUT2D eigenvalue weighted by Gasteiger charge is -2.46. The number of aliphatic hydroxyl groups is 8. The lowest BCUT2D eigenvalue weighted by molar-refractivity contribution is -0.359. The second kappa shape index (κ2) is 50.0. The van der Waals surface area contributed by atoms with Crippen LogP contribution in [0.3, 0.4) is 0 Å². The second-order valence-electron chi connectivity index (χ2n) is 22.2. The summed E-state index contributed by atoms with van der Waals surface area (Å²) in [6.45, 7) is 2.71. The number of rotatable bonds is 50. The predicted octanol–water partition coefficient (Wildman–Crippen LogP) is 11.5. The van der Waals surface area contributed by atoms with E-state index < -0.39 is 86.8 Å². The molecular weight excluding hydrogens is 1000 g/mol. The molecule has 458 valence electrons. The van der Waals surface area contributed by atoms with Crippen LogP contribution >= 0.6 is 0 Å². The van der Waals surface area contributed by atoms with E-state index in [-0.39, 0.29) is 18.9 Å². The summed E-state index contributed by atoms with van der Waals surface area (Å²) in [4.78, 5) is 13.3. The molecule has 12 atom stereocenters. The number of hydrogen-bond acceptors (Lipinski definition) is 13. The van der Waals surface area contributed by atoms with Crippen LogP contribution in [0.4, 0.5) is 0 Å². The Bertz CT molecular complexity index is 1600. The number of unbranched alkanes of at least 4 members (excludes halogenated alkanes) is 25. The molecule has 14 heteroatoms. The highest BCUT2D eigenvalue weighted by molar-refractivity contribution is 5.76. The van der Waals surface area contributed by atoms with Crippen LogP contribution in [0.2, 0.25) is 0 Å². The first kappa shape index (κ1) is 72.5. The summed E-state index contributed by atoms with van der Waals surface area (Å²) in [5.41, 5.74) is 0.